The van der Waals surface area contributed by atoms with Crippen LogP contribution in [0.4, 0.5) is 0 Å². The third-order valence-electron chi connectivity index (χ3n) is 3.60. The molecule has 1 unspecified atom stereocenters. The van der Waals surface area contributed by atoms with Crippen LogP contribution < -0.4 is 9.47 Å². The SMILES string of the molecule is COC(=O)COc1ccc(Cl)cc1Cc1ccccc1OC(C)C(=O)O. The van der Waals surface area contributed by atoms with E-state index < -0.39 is 18.0 Å². The Hall–Kier alpha value is -2.73. The Kier molecular flexibility index (Phi) is 6.86. The van der Waals surface area contributed by atoms with Gasteiger partial charge in [-0.25, -0.2) is 9.59 Å². The number of para-hydroxylation sites is 1. The van der Waals surface area contributed by atoms with Crippen molar-refractivity contribution < 1.29 is 28.9 Å². The molecule has 0 aliphatic carbocycles. The van der Waals surface area contributed by atoms with Gasteiger partial charge in [-0.2, -0.15) is 0 Å². The number of carboxylic acids is 1. The standard InChI is InChI=1S/C19H19ClO6/c1-12(19(22)23)26-17-6-4-3-5-13(17)9-14-10-15(20)7-8-16(14)25-11-18(21)24-2/h3-8,10,12H,9,11H2,1-2H3,(H,22,23). The zero-order valence-corrected chi connectivity index (χ0v) is 15.2. The van der Waals surface area contributed by atoms with Gasteiger partial charge >= 0.3 is 11.9 Å². The molecule has 0 saturated carbocycles. The summed E-state index contributed by atoms with van der Waals surface area (Å²) in [6, 6.07) is 12.2. The maximum atomic E-state index is 11.3. The summed E-state index contributed by atoms with van der Waals surface area (Å²) in [5.74, 6) is -0.600. The Bertz CT molecular complexity index is 789. The Balaban J connectivity index is 2.26. The van der Waals surface area contributed by atoms with Gasteiger partial charge in [-0.05, 0) is 36.8 Å². The lowest BCUT2D eigenvalue weighted by molar-refractivity contribution is -0.144. The lowest BCUT2D eigenvalue weighted by Crippen LogP contribution is -2.23. The topological polar surface area (TPSA) is 82.1 Å². The minimum absolute atomic E-state index is 0.223. The molecular formula is C19H19ClO6. The second kappa shape index (κ2) is 9.10. The van der Waals surface area contributed by atoms with Gasteiger partial charge in [0.05, 0.1) is 7.11 Å². The fourth-order valence-electron chi connectivity index (χ4n) is 2.23. The number of carboxylic acid groups (broad SMARTS) is 1. The Morgan fingerprint density at radius 1 is 1.12 bits per heavy atom. The van der Waals surface area contributed by atoms with Crippen LogP contribution >= 0.6 is 11.6 Å². The van der Waals surface area contributed by atoms with Gasteiger partial charge in [0.15, 0.2) is 12.7 Å². The molecule has 0 aliphatic heterocycles. The number of carbonyl (C=O) groups is 2. The number of methoxy groups -OCH3 is 1. The summed E-state index contributed by atoms with van der Waals surface area (Å²) in [5.41, 5.74) is 1.51. The summed E-state index contributed by atoms with van der Waals surface area (Å²) in [4.78, 5) is 22.4. The smallest absolute Gasteiger partial charge is 0.344 e. The first kappa shape index (κ1) is 19.6. The van der Waals surface area contributed by atoms with Crippen LogP contribution in [0.15, 0.2) is 42.5 Å². The average Bonchev–Trinajstić information content (AvgIpc) is 2.62. The fraction of sp³-hybridized carbons (Fsp3) is 0.263. The van der Waals surface area contributed by atoms with Crippen molar-refractivity contribution in [3.05, 3.63) is 58.6 Å². The molecule has 0 saturated heterocycles. The summed E-state index contributed by atoms with van der Waals surface area (Å²) in [5, 5.41) is 9.56. The van der Waals surface area contributed by atoms with Gasteiger partial charge in [-0.15, -0.1) is 0 Å². The molecule has 138 valence electrons. The van der Waals surface area contributed by atoms with Crippen molar-refractivity contribution in [2.45, 2.75) is 19.4 Å². The number of hydrogen-bond donors (Lipinski definition) is 1. The second-order valence-corrected chi connectivity index (χ2v) is 5.94. The number of rotatable bonds is 8. The van der Waals surface area contributed by atoms with E-state index in [4.69, 9.17) is 26.2 Å². The molecule has 0 aliphatic rings. The summed E-state index contributed by atoms with van der Waals surface area (Å²) in [6.45, 7) is 1.24. The molecule has 0 spiro atoms. The van der Waals surface area contributed by atoms with E-state index in [9.17, 15) is 9.59 Å². The Morgan fingerprint density at radius 3 is 2.54 bits per heavy atom. The molecule has 1 N–H and O–H groups in total. The molecule has 7 heteroatoms. The van der Waals surface area contributed by atoms with Crippen LogP contribution in [0.5, 0.6) is 11.5 Å². The molecule has 1 atom stereocenters. The van der Waals surface area contributed by atoms with E-state index in [1.165, 1.54) is 14.0 Å². The zero-order valence-electron chi connectivity index (χ0n) is 14.4. The number of carbonyl (C=O) groups excluding carboxylic acids is 1. The molecule has 2 aromatic carbocycles. The van der Waals surface area contributed by atoms with Gasteiger partial charge in [0.1, 0.15) is 11.5 Å². The minimum Gasteiger partial charge on any atom is -0.482 e. The summed E-state index contributed by atoms with van der Waals surface area (Å²) in [7, 11) is 1.28. The first-order valence-corrected chi connectivity index (χ1v) is 8.24. The lowest BCUT2D eigenvalue weighted by Gasteiger charge is -2.16. The predicted molar refractivity (Wildman–Crippen MR) is 95.9 cm³/mol. The third-order valence-corrected chi connectivity index (χ3v) is 3.84. The largest absolute Gasteiger partial charge is 0.482 e. The minimum atomic E-state index is -1.05. The quantitative estimate of drug-likeness (QED) is 0.709. The van der Waals surface area contributed by atoms with Gasteiger partial charge in [-0.1, -0.05) is 29.8 Å². The molecule has 0 radical (unpaired) electrons. The molecule has 0 bridgehead atoms. The number of aliphatic carboxylic acids is 1. The van der Waals surface area contributed by atoms with Gasteiger partial charge in [0.2, 0.25) is 0 Å². The van der Waals surface area contributed by atoms with Crippen molar-refractivity contribution in [2.75, 3.05) is 13.7 Å². The van der Waals surface area contributed by atoms with E-state index >= 15 is 0 Å². The molecule has 2 aromatic rings. The van der Waals surface area contributed by atoms with E-state index in [1.54, 1.807) is 30.3 Å². The van der Waals surface area contributed by atoms with Crippen LogP contribution in [0.1, 0.15) is 18.1 Å². The van der Waals surface area contributed by atoms with E-state index in [0.29, 0.717) is 22.9 Å². The zero-order chi connectivity index (χ0) is 19.1. The van der Waals surface area contributed by atoms with Crippen LogP contribution in [0.3, 0.4) is 0 Å². The Labute approximate surface area is 156 Å². The van der Waals surface area contributed by atoms with Crippen molar-refractivity contribution in [3.63, 3.8) is 0 Å². The molecule has 2 rings (SSSR count). The van der Waals surface area contributed by atoms with Gasteiger partial charge < -0.3 is 19.3 Å². The third kappa shape index (κ3) is 5.39. The second-order valence-electron chi connectivity index (χ2n) is 5.50. The first-order chi connectivity index (χ1) is 12.4. The monoisotopic (exact) mass is 378 g/mol. The van der Waals surface area contributed by atoms with E-state index in [2.05, 4.69) is 4.74 Å². The highest BCUT2D eigenvalue weighted by atomic mass is 35.5. The van der Waals surface area contributed by atoms with Crippen molar-refractivity contribution in [3.8, 4) is 11.5 Å². The molecule has 6 nitrogen and oxygen atoms in total. The first-order valence-electron chi connectivity index (χ1n) is 7.86. The van der Waals surface area contributed by atoms with E-state index in [1.807, 2.05) is 12.1 Å². The highest BCUT2D eigenvalue weighted by Gasteiger charge is 2.16. The maximum absolute atomic E-state index is 11.3. The molecule has 0 heterocycles. The number of halogens is 1. The van der Waals surface area contributed by atoms with E-state index in [-0.39, 0.29) is 6.61 Å². The molecule has 0 aromatic heterocycles. The van der Waals surface area contributed by atoms with Gasteiger partial charge in [0.25, 0.3) is 0 Å². The van der Waals surface area contributed by atoms with Gasteiger partial charge in [-0.3, -0.25) is 0 Å². The molecular weight excluding hydrogens is 360 g/mol. The van der Waals surface area contributed by atoms with Gasteiger partial charge in [0, 0.05) is 17.0 Å². The van der Waals surface area contributed by atoms with Crippen molar-refractivity contribution in [1.29, 1.82) is 0 Å². The predicted octanol–water partition coefficient (Wildman–Crippen LogP) is 3.33. The average molecular weight is 379 g/mol. The Morgan fingerprint density at radius 2 is 1.85 bits per heavy atom. The number of esters is 1. The summed E-state index contributed by atoms with van der Waals surface area (Å²) >= 11 is 6.08. The van der Waals surface area contributed by atoms with Crippen LogP contribution in [0.2, 0.25) is 5.02 Å². The number of ether oxygens (including phenoxy) is 3. The van der Waals surface area contributed by atoms with Crippen molar-refractivity contribution in [1.82, 2.24) is 0 Å². The van der Waals surface area contributed by atoms with Crippen molar-refractivity contribution >= 4 is 23.5 Å². The number of hydrogen-bond acceptors (Lipinski definition) is 5. The van der Waals surface area contributed by atoms with Crippen LogP contribution in [0, 0.1) is 0 Å². The van der Waals surface area contributed by atoms with Crippen LogP contribution in [-0.4, -0.2) is 36.9 Å². The van der Waals surface area contributed by atoms with E-state index in [0.717, 1.165) is 11.1 Å². The molecule has 0 amide bonds. The fourth-order valence-corrected chi connectivity index (χ4v) is 2.43. The summed E-state index contributed by atoms with van der Waals surface area (Å²) < 4.78 is 15.6. The number of benzene rings is 2. The lowest BCUT2D eigenvalue weighted by atomic mass is 10.0. The van der Waals surface area contributed by atoms with Crippen LogP contribution in [-0.2, 0) is 20.7 Å². The van der Waals surface area contributed by atoms with Crippen molar-refractivity contribution in [2.24, 2.45) is 0 Å². The molecule has 26 heavy (non-hydrogen) atoms. The molecule has 0 fully saturated rings. The highest BCUT2D eigenvalue weighted by molar-refractivity contribution is 6.30. The summed E-state index contributed by atoms with van der Waals surface area (Å²) in [6.07, 6.45) is -0.592. The van der Waals surface area contributed by atoms with Crippen LogP contribution in [0.25, 0.3) is 0 Å². The highest BCUT2D eigenvalue weighted by Crippen LogP contribution is 2.29. The normalized spacial score (nSPS) is 11.5. The maximum Gasteiger partial charge on any atom is 0.344 e.